The number of pyridine rings is 1. The molecule has 8 nitrogen and oxygen atoms in total. The van der Waals surface area contributed by atoms with Gasteiger partial charge in [0.2, 0.25) is 0 Å². The van der Waals surface area contributed by atoms with Crippen LogP contribution < -0.4 is 10.1 Å². The van der Waals surface area contributed by atoms with Crippen LogP contribution in [0, 0.1) is 18.6 Å². The van der Waals surface area contributed by atoms with E-state index < -0.39 is 35.7 Å². The average Bonchev–Trinajstić information content (AvgIpc) is 3.20. The standard InChI is InChI=1S/C26H23F2N3O5/c1-15-22(24(33)30-26(2,14-32)17-7-3-6-16(12-17)25(34)35)31-11-5-10-21(23(31)29-15)36-13-18-19(27)8-4-9-20(18)28/h3-12,32H,13-14H2,1-2H3,(H,30,33)(H,34,35)/t26-/m0/s1. The molecule has 0 radical (unpaired) electrons. The number of carbonyl (C=O) groups is 2. The number of carbonyl (C=O) groups excluding carboxylic acids is 1. The molecule has 0 fully saturated rings. The van der Waals surface area contributed by atoms with Gasteiger partial charge in [-0.2, -0.15) is 0 Å². The molecule has 36 heavy (non-hydrogen) atoms. The number of aryl methyl sites for hydroxylation is 1. The second-order valence-electron chi connectivity index (χ2n) is 8.43. The van der Waals surface area contributed by atoms with E-state index in [-0.39, 0.29) is 34.8 Å². The van der Waals surface area contributed by atoms with Crippen molar-refractivity contribution in [2.24, 2.45) is 0 Å². The first kappa shape index (κ1) is 24.8. The van der Waals surface area contributed by atoms with Crippen molar-refractivity contribution in [3.8, 4) is 5.75 Å². The zero-order chi connectivity index (χ0) is 26.0. The van der Waals surface area contributed by atoms with Gasteiger partial charge in [-0.1, -0.05) is 18.2 Å². The monoisotopic (exact) mass is 495 g/mol. The van der Waals surface area contributed by atoms with Crippen molar-refractivity contribution in [3.05, 3.63) is 101 Å². The van der Waals surface area contributed by atoms with Crippen molar-refractivity contribution >= 4 is 17.5 Å². The molecule has 1 atom stereocenters. The molecule has 0 bridgehead atoms. The molecule has 4 aromatic rings. The normalized spacial score (nSPS) is 12.8. The van der Waals surface area contributed by atoms with E-state index in [0.717, 1.165) is 12.1 Å². The summed E-state index contributed by atoms with van der Waals surface area (Å²) in [5.41, 5.74) is -0.350. The lowest BCUT2D eigenvalue weighted by Gasteiger charge is -2.29. The molecular weight excluding hydrogens is 472 g/mol. The summed E-state index contributed by atoms with van der Waals surface area (Å²) in [6, 6.07) is 12.6. The number of carboxylic acid groups (broad SMARTS) is 1. The molecule has 2 aromatic carbocycles. The van der Waals surface area contributed by atoms with Crippen LogP contribution in [0.2, 0.25) is 0 Å². The highest BCUT2D eigenvalue weighted by atomic mass is 19.1. The Morgan fingerprint density at radius 3 is 2.47 bits per heavy atom. The summed E-state index contributed by atoms with van der Waals surface area (Å²) in [6.07, 6.45) is 1.59. The van der Waals surface area contributed by atoms with Crippen LogP contribution in [0.1, 0.15) is 44.6 Å². The first-order valence-electron chi connectivity index (χ1n) is 10.9. The highest BCUT2D eigenvalue weighted by Crippen LogP contribution is 2.26. The molecular formula is C26H23F2N3O5. The van der Waals surface area contributed by atoms with Crippen molar-refractivity contribution in [3.63, 3.8) is 0 Å². The van der Waals surface area contributed by atoms with Crippen molar-refractivity contribution in [1.29, 1.82) is 0 Å². The number of rotatable bonds is 8. The summed E-state index contributed by atoms with van der Waals surface area (Å²) < 4.78 is 35.1. The van der Waals surface area contributed by atoms with Gasteiger partial charge < -0.3 is 20.3 Å². The quantitative estimate of drug-likeness (QED) is 0.342. The maximum absolute atomic E-state index is 14.0. The molecule has 1 amide bonds. The van der Waals surface area contributed by atoms with Crippen LogP contribution in [-0.4, -0.2) is 38.1 Å². The molecule has 0 spiro atoms. The number of aliphatic hydroxyl groups is 1. The van der Waals surface area contributed by atoms with E-state index in [1.807, 2.05) is 0 Å². The Kier molecular flexibility index (Phi) is 6.71. The maximum Gasteiger partial charge on any atom is 0.335 e. The fraction of sp³-hybridized carbons (Fsp3) is 0.192. The number of hydrogen-bond donors (Lipinski definition) is 3. The minimum absolute atomic E-state index is 0.0143. The average molecular weight is 495 g/mol. The number of nitrogens with one attached hydrogen (secondary N) is 1. The topological polar surface area (TPSA) is 113 Å². The third kappa shape index (κ3) is 4.63. The highest BCUT2D eigenvalue weighted by molar-refractivity contribution is 5.95. The van der Waals surface area contributed by atoms with Gasteiger partial charge in [0.05, 0.1) is 29.0 Å². The second-order valence-corrected chi connectivity index (χ2v) is 8.43. The number of benzene rings is 2. The predicted molar refractivity (Wildman–Crippen MR) is 126 cm³/mol. The number of carboxylic acids is 1. The summed E-state index contributed by atoms with van der Waals surface area (Å²) in [7, 11) is 0. The Labute approximate surface area is 204 Å². The third-order valence-electron chi connectivity index (χ3n) is 5.89. The number of aromatic nitrogens is 2. The summed E-state index contributed by atoms with van der Waals surface area (Å²) in [5, 5.41) is 22.2. The Balaban J connectivity index is 1.65. The van der Waals surface area contributed by atoms with E-state index in [1.165, 1.54) is 28.7 Å². The van der Waals surface area contributed by atoms with E-state index in [2.05, 4.69) is 10.3 Å². The first-order valence-corrected chi connectivity index (χ1v) is 10.9. The minimum Gasteiger partial charge on any atom is -0.485 e. The van der Waals surface area contributed by atoms with Gasteiger partial charge in [0, 0.05) is 6.20 Å². The van der Waals surface area contributed by atoms with Crippen LogP contribution in [0.4, 0.5) is 8.78 Å². The van der Waals surface area contributed by atoms with Crippen LogP contribution in [0.25, 0.3) is 5.65 Å². The molecule has 2 heterocycles. The maximum atomic E-state index is 14.0. The first-order chi connectivity index (χ1) is 17.1. The van der Waals surface area contributed by atoms with Gasteiger partial charge in [0.1, 0.15) is 23.9 Å². The fourth-order valence-corrected chi connectivity index (χ4v) is 3.87. The number of aromatic carboxylic acids is 1. The molecule has 0 saturated carbocycles. The molecule has 0 aliphatic rings. The number of imidazole rings is 1. The van der Waals surface area contributed by atoms with Gasteiger partial charge in [-0.15, -0.1) is 0 Å². The lowest BCUT2D eigenvalue weighted by atomic mass is 9.91. The Bertz CT molecular complexity index is 1450. The van der Waals surface area contributed by atoms with Crippen molar-refractivity contribution in [1.82, 2.24) is 14.7 Å². The molecule has 4 rings (SSSR count). The molecule has 10 heteroatoms. The molecule has 0 aliphatic carbocycles. The van der Waals surface area contributed by atoms with E-state index in [1.54, 1.807) is 38.2 Å². The Morgan fingerprint density at radius 1 is 1.11 bits per heavy atom. The molecule has 0 unspecified atom stereocenters. The number of halogens is 2. The number of aliphatic hydroxyl groups excluding tert-OH is 1. The van der Waals surface area contributed by atoms with Crippen LogP contribution in [-0.2, 0) is 12.1 Å². The number of ether oxygens (including phenoxy) is 1. The van der Waals surface area contributed by atoms with Crippen LogP contribution in [0.5, 0.6) is 5.75 Å². The van der Waals surface area contributed by atoms with Crippen molar-refractivity contribution in [2.45, 2.75) is 26.0 Å². The van der Waals surface area contributed by atoms with Crippen LogP contribution in [0.3, 0.4) is 0 Å². The smallest absolute Gasteiger partial charge is 0.335 e. The second kappa shape index (κ2) is 9.74. The largest absolute Gasteiger partial charge is 0.485 e. The van der Waals surface area contributed by atoms with E-state index in [4.69, 9.17) is 4.74 Å². The van der Waals surface area contributed by atoms with Crippen LogP contribution in [0.15, 0.2) is 60.8 Å². The number of nitrogens with zero attached hydrogens (tertiary/aromatic N) is 2. The zero-order valence-corrected chi connectivity index (χ0v) is 19.5. The molecule has 3 N–H and O–H groups in total. The lowest BCUT2D eigenvalue weighted by molar-refractivity contribution is 0.0696. The third-order valence-corrected chi connectivity index (χ3v) is 5.89. The van der Waals surface area contributed by atoms with E-state index in [9.17, 15) is 28.6 Å². The number of hydrogen-bond acceptors (Lipinski definition) is 5. The van der Waals surface area contributed by atoms with Gasteiger partial charge in [-0.05, 0) is 55.8 Å². The van der Waals surface area contributed by atoms with Gasteiger partial charge in [-0.3, -0.25) is 9.20 Å². The van der Waals surface area contributed by atoms with Crippen molar-refractivity contribution in [2.75, 3.05) is 6.61 Å². The Hall–Kier alpha value is -4.31. The van der Waals surface area contributed by atoms with Gasteiger partial charge >= 0.3 is 5.97 Å². The molecule has 186 valence electrons. The fourth-order valence-electron chi connectivity index (χ4n) is 3.87. The van der Waals surface area contributed by atoms with E-state index in [0.29, 0.717) is 11.3 Å². The van der Waals surface area contributed by atoms with Gasteiger partial charge in [0.25, 0.3) is 5.91 Å². The van der Waals surface area contributed by atoms with Gasteiger partial charge in [0.15, 0.2) is 11.4 Å². The highest BCUT2D eigenvalue weighted by Gasteiger charge is 2.31. The predicted octanol–water partition coefficient (Wildman–Crippen LogP) is 3.84. The number of fused-ring (bicyclic) bond motifs is 1. The molecule has 2 aromatic heterocycles. The van der Waals surface area contributed by atoms with Gasteiger partial charge in [-0.25, -0.2) is 18.6 Å². The SMILES string of the molecule is Cc1nc2c(OCc3c(F)cccc3F)cccn2c1C(=O)N[C@@](C)(CO)c1cccc(C(=O)O)c1. The summed E-state index contributed by atoms with van der Waals surface area (Å²) in [5.74, 6) is -2.98. The Morgan fingerprint density at radius 2 is 1.81 bits per heavy atom. The molecule has 0 aliphatic heterocycles. The van der Waals surface area contributed by atoms with Crippen LogP contribution >= 0.6 is 0 Å². The zero-order valence-electron chi connectivity index (χ0n) is 19.5. The number of amides is 1. The lowest BCUT2D eigenvalue weighted by Crippen LogP contribution is -2.47. The minimum atomic E-state index is -1.30. The van der Waals surface area contributed by atoms with E-state index >= 15 is 0 Å². The molecule has 0 saturated heterocycles. The summed E-state index contributed by atoms with van der Waals surface area (Å²) >= 11 is 0. The summed E-state index contributed by atoms with van der Waals surface area (Å²) in [6.45, 7) is 2.31. The summed E-state index contributed by atoms with van der Waals surface area (Å²) in [4.78, 5) is 29.1. The van der Waals surface area contributed by atoms with Crippen molar-refractivity contribution < 1.29 is 33.3 Å².